The van der Waals surface area contributed by atoms with Crippen molar-refractivity contribution in [3.8, 4) is 0 Å². The minimum Gasteiger partial charge on any atom is -0.325 e. The number of fused-ring (bicyclic) bond motifs is 1. The van der Waals surface area contributed by atoms with Gasteiger partial charge in [-0.25, -0.2) is 0 Å². The number of Topliss-reactive ketones (excluding diaryl/α,β-unsaturated/α-hetero) is 1. The van der Waals surface area contributed by atoms with E-state index in [0.717, 1.165) is 34.2 Å². The molecule has 1 aliphatic heterocycles. The van der Waals surface area contributed by atoms with Crippen LogP contribution in [0.15, 0.2) is 53.7 Å². The van der Waals surface area contributed by atoms with E-state index in [-0.39, 0.29) is 29.4 Å². The number of rotatable bonds is 9. The van der Waals surface area contributed by atoms with Crippen molar-refractivity contribution in [2.24, 2.45) is 0 Å². The number of benzene rings is 2. The van der Waals surface area contributed by atoms with Crippen LogP contribution in [0.4, 0.5) is 5.69 Å². The molecule has 4 rings (SSSR count). The molecule has 1 aliphatic rings. The maximum atomic E-state index is 13.0. The molecule has 8 heteroatoms. The third-order valence-electron chi connectivity index (χ3n) is 6.06. The van der Waals surface area contributed by atoms with Crippen molar-refractivity contribution in [1.29, 1.82) is 0 Å². The molecule has 0 fully saturated rings. The maximum absolute atomic E-state index is 13.0. The van der Waals surface area contributed by atoms with Crippen LogP contribution < -0.4 is 5.32 Å². The van der Waals surface area contributed by atoms with E-state index in [1.807, 2.05) is 51.4 Å². The molecule has 0 bridgehead atoms. The highest BCUT2D eigenvalue weighted by atomic mass is 32.2. The summed E-state index contributed by atoms with van der Waals surface area (Å²) < 4.78 is 2.12. The lowest BCUT2D eigenvalue weighted by molar-refractivity contribution is -0.116. The molecule has 7 nitrogen and oxygen atoms in total. The highest BCUT2D eigenvalue weighted by molar-refractivity contribution is 7.99. The van der Waals surface area contributed by atoms with E-state index in [9.17, 15) is 9.59 Å². The average Bonchev–Trinajstić information content (AvgIpc) is 3.33. The summed E-state index contributed by atoms with van der Waals surface area (Å²) in [4.78, 5) is 27.1. The molecular weight excluding hydrogens is 434 g/mol. The zero-order chi connectivity index (χ0) is 23.5. The standard InChI is InChI=1S/C25H29N5O2S/c1-5-21(29(3)4)23-27-28-25(30(23)14-17-9-7-6-8-10-17)33-15-22(31)18-11-12-20-19(13-18)16(2)24(32)26-20/h6-13,16,21H,5,14-15H2,1-4H3,(H,26,32). The summed E-state index contributed by atoms with van der Waals surface area (Å²) in [6.45, 7) is 4.64. The number of hydrogen-bond acceptors (Lipinski definition) is 6. The maximum Gasteiger partial charge on any atom is 0.231 e. The molecule has 1 amide bonds. The second-order valence-electron chi connectivity index (χ2n) is 8.52. The summed E-state index contributed by atoms with van der Waals surface area (Å²) in [6, 6.07) is 15.8. The Kier molecular flexibility index (Phi) is 6.95. The van der Waals surface area contributed by atoms with E-state index < -0.39 is 0 Å². The van der Waals surface area contributed by atoms with Crippen molar-refractivity contribution >= 4 is 29.1 Å². The largest absolute Gasteiger partial charge is 0.325 e. The molecule has 33 heavy (non-hydrogen) atoms. The van der Waals surface area contributed by atoms with Gasteiger partial charge in [0.25, 0.3) is 0 Å². The predicted octanol–water partition coefficient (Wildman–Crippen LogP) is 4.37. The SMILES string of the molecule is CCC(c1nnc(SCC(=O)c2ccc3c(c2)C(C)C(=O)N3)n1Cc1ccccc1)N(C)C. The Bertz CT molecular complexity index is 1160. The van der Waals surface area contributed by atoms with Crippen molar-refractivity contribution in [2.75, 3.05) is 25.2 Å². The highest BCUT2D eigenvalue weighted by Gasteiger charge is 2.27. The zero-order valence-corrected chi connectivity index (χ0v) is 20.2. The van der Waals surface area contributed by atoms with Gasteiger partial charge < -0.3 is 9.88 Å². The number of nitrogens with zero attached hydrogens (tertiary/aromatic N) is 4. The van der Waals surface area contributed by atoms with Gasteiger partial charge in [-0.1, -0.05) is 49.0 Å². The summed E-state index contributed by atoms with van der Waals surface area (Å²) in [5, 5.41) is 12.5. The number of hydrogen-bond donors (Lipinski definition) is 1. The third-order valence-corrected chi connectivity index (χ3v) is 7.03. The molecule has 2 atom stereocenters. The molecule has 0 saturated carbocycles. The summed E-state index contributed by atoms with van der Waals surface area (Å²) in [7, 11) is 4.08. The molecular formula is C25H29N5O2S. The second-order valence-corrected chi connectivity index (χ2v) is 9.47. The van der Waals surface area contributed by atoms with Crippen molar-refractivity contribution in [3.05, 3.63) is 71.0 Å². The molecule has 0 saturated heterocycles. The van der Waals surface area contributed by atoms with E-state index in [0.29, 0.717) is 12.1 Å². The third kappa shape index (κ3) is 4.86. The number of nitrogens with one attached hydrogen (secondary N) is 1. The first-order valence-corrected chi connectivity index (χ1v) is 12.1. The van der Waals surface area contributed by atoms with Gasteiger partial charge in [0.15, 0.2) is 16.8 Å². The van der Waals surface area contributed by atoms with Crippen molar-refractivity contribution < 1.29 is 9.59 Å². The summed E-state index contributed by atoms with van der Waals surface area (Å²) >= 11 is 1.40. The molecule has 2 heterocycles. The van der Waals surface area contributed by atoms with E-state index in [2.05, 4.69) is 44.0 Å². The number of amides is 1. The van der Waals surface area contributed by atoms with Gasteiger partial charge in [0.05, 0.1) is 24.3 Å². The normalized spacial score (nSPS) is 16.0. The van der Waals surface area contributed by atoms with Crippen molar-refractivity contribution in [3.63, 3.8) is 0 Å². The lowest BCUT2D eigenvalue weighted by Gasteiger charge is -2.23. The lowest BCUT2D eigenvalue weighted by atomic mass is 9.99. The number of carbonyl (C=O) groups is 2. The minimum absolute atomic E-state index is 0.00445. The Hall–Kier alpha value is -2.97. The summed E-state index contributed by atoms with van der Waals surface area (Å²) in [5.74, 6) is 0.883. The molecule has 2 aromatic carbocycles. The number of thioether (sulfide) groups is 1. The Morgan fingerprint density at radius 3 is 2.64 bits per heavy atom. The van der Waals surface area contributed by atoms with Gasteiger partial charge in [-0.05, 0) is 56.8 Å². The molecule has 0 spiro atoms. The Morgan fingerprint density at radius 1 is 1.18 bits per heavy atom. The van der Waals surface area contributed by atoms with Crippen LogP contribution in [0, 0.1) is 0 Å². The van der Waals surface area contributed by atoms with Gasteiger partial charge >= 0.3 is 0 Å². The smallest absolute Gasteiger partial charge is 0.231 e. The van der Waals surface area contributed by atoms with Gasteiger partial charge in [-0.15, -0.1) is 10.2 Å². The summed E-state index contributed by atoms with van der Waals surface area (Å²) in [6.07, 6.45) is 0.906. The molecule has 3 aromatic rings. The van der Waals surface area contributed by atoms with Crippen molar-refractivity contribution in [2.45, 2.75) is 43.9 Å². The number of anilines is 1. The molecule has 172 valence electrons. The van der Waals surface area contributed by atoms with E-state index in [4.69, 9.17) is 0 Å². The van der Waals surface area contributed by atoms with E-state index >= 15 is 0 Å². The molecule has 0 radical (unpaired) electrons. The van der Waals surface area contributed by atoms with Crippen LogP contribution in [0.5, 0.6) is 0 Å². The fourth-order valence-corrected chi connectivity index (χ4v) is 4.99. The zero-order valence-electron chi connectivity index (χ0n) is 19.4. The van der Waals surface area contributed by atoms with Crippen LogP contribution in [0.25, 0.3) is 0 Å². The first-order valence-electron chi connectivity index (χ1n) is 11.1. The topological polar surface area (TPSA) is 80.1 Å². The van der Waals surface area contributed by atoms with Crippen molar-refractivity contribution in [1.82, 2.24) is 19.7 Å². The van der Waals surface area contributed by atoms with Crippen LogP contribution in [-0.4, -0.2) is 51.2 Å². The van der Waals surface area contributed by atoms with E-state index in [1.165, 1.54) is 11.8 Å². The molecule has 1 N–H and O–H groups in total. The monoisotopic (exact) mass is 463 g/mol. The van der Waals surface area contributed by atoms with Gasteiger partial charge in [0, 0.05) is 11.3 Å². The Balaban J connectivity index is 1.56. The fraction of sp³-hybridized carbons (Fsp3) is 0.360. The van der Waals surface area contributed by atoms with Gasteiger partial charge in [-0.2, -0.15) is 0 Å². The van der Waals surface area contributed by atoms with Gasteiger partial charge in [0.2, 0.25) is 5.91 Å². The van der Waals surface area contributed by atoms with Crippen LogP contribution in [0.1, 0.15) is 59.5 Å². The van der Waals surface area contributed by atoms with Crippen LogP contribution in [0.2, 0.25) is 0 Å². The first-order chi connectivity index (χ1) is 15.9. The molecule has 0 aliphatic carbocycles. The predicted molar refractivity (Wildman–Crippen MR) is 131 cm³/mol. The highest BCUT2D eigenvalue weighted by Crippen LogP contribution is 2.33. The van der Waals surface area contributed by atoms with Crippen LogP contribution in [-0.2, 0) is 11.3 Å². The fourth-order valence-electron chi connectivity index (χ4n) is 4.15. The number of aromatic nitrogens is 3. The first kappa shape index (κ1) is 23.2. The average molecular weight is 464 g/mol. The number of carbonyl (C=O) groups excluding carboxylic acids is 2. The van der Waals surface area contributed by atoms with Gasteiger partial charge in [0.1, 0.15) is 0 Å². The van der Waals surface area contributed by atoms with E-state index in [1.54, 1.807) is 6.07 Å². The number of ketones is 1. The van der Waals surface area contributed by atoms with Gasteiger partial charge in [-0.3, -0.25) is 14.5 Å². The van der Waals surface area contributed by atoms with Crippen LogP contribution in [0.3, 0.4) is 0 Å². The minimum atomic E-state index is -0.242. The Labute approximate surface area is 198 Å². The molecule has 1 aromatic heterocycles. The lowest BCUT2D eigenvalue weighted by Crippen LogP contribution is -2.23. The van der Waals surface area contributed by atoms with Crippen LogP contribution >= 0.6 is 11.8 Å². The second kappa shape index (κ2) is 9.89. The molecule has 2 unspecified atom stereocenters. The quantitative estimate of drug-likeness (QED) is 0.375. The Morgan fingerprint density at radius 2 is 1.94 bits per heavy atom. The summed E-state index contributed by atoms with van der Waals surface area (Å²) in [5.41, 5.74) is 3.43.